The predicted molar refractivity (Wildman–Crippen MR) is 104 cm³/mol. The van der Waals surface area contributed by atoms with Gasteiger partial charge >= 0.3 is 6.18 Å². The average Bonchev–Trinajstić information content (AvgIpc) is 3.03. The first kappa shape index (κ1) is 21.0. The van der Waals surface area contributed by atoms with Gasteiger partial charge in [0.1, 0.15) is 18.1 Å². The molecule has 0 unspecified atom stereocenters. The molecule has 4 rings (SSSR count). The number of carbonyl (C=O) groups excluding carboxylic acids is 1. The molecule has 0 saturated carbocycles. The highest BCUT2D eigenvalue weighted by molar-refractivity contribution is 5.98. The number of rotatable bonds is 4. The van der Waals surface area contributed by atoms with Gasteiger partial charge in [0.15, 0.2) is 5.82 Å². The fourth-order valence-corrected chi connectivity index (χ4v) is 3.50. The van der Waals surface area contributed by atoms with Gasteiger partial charge in [-0.25, -0.2) is 4.39 Å². The van der Waals surface area contributed by atoms with Crippen LogP contribution >= 0.6 is 0 Å². The molecule has 3 aromatic rings. The smallest absolute Gasteiger partial charge is 0.393 e. The molecule has 1 amide bonds. The van der Waals surface area contributed by atoms with E-state index in [0.717, 1.165) is 4.68 Å². The number of hydrogen-bond acceptors (Lipinski definition) is 5. The Morgan fingerprint density at radius 1 is 1.23 bits per heavy atom. The Morgan fingerprint density at radius 2 is 1.97 bits per heavy atom. The number of pyridine rings is 1. The number of nitrogens with one attached hydrogen (secondary N) is 1. The van der Waals surface area contributed by atoms with Crippen LogP contribution in [0.25, 0.3) is 10.9 Å². The minimum Gasteiger partial charge on any atom is -0.393 e. The Bertz CT molecular complexity index is 1110. The molecule has 1 aromatic carbocycles. The molecule has 0 aliphatic carbocycles. The number of aliphatic hydroxyl groups excluding tert-OH is 1. The Labute approximate surface area is 174 Å². The van der Waals surface area contributed by atoms with E-state index in [1.54, 1.807) is 6.07 Å². The van der Waals surface area contributed by atoms with Crippen molar-refractivity contribution in [1.82, 2.24) is 19.7 Å². The van der Waals surface area contributed by atoms with Crippen molar-refractivity contribution in [3.63, 3.8) is 0 Å². The maximum Gasteiger partial charge on any atom is 0.408 e. The lowest BCUT2D eigenvalue weighted by Gasteiger charge is -2.29. The highest BCUT2D eigenvalue weighted by Gasteiger charge is 2.31. The molecular weight excluding hydrogens is 418 g/mol. The zero-order valence-corrected chi connectivity index (χ0v) is 16.2. The minimum absolute atomic E-state index is 0.00970. The zero-order chi connectivity index (χ0) is 22.2. The third kappa shape index (κ3) is 4.76. The lowest BCUT2D eigenvalue weighted by atomic mass is 10.1. The first-order valence-corrected chi connectivity index (χ1v) is 9.63. The minimum atomic E-state index is -4.54. The van der Waals surface area contributed by atoms with Gasteiger partial charge in [0.2, 0.25) is 0 Å². The third-order valence-corrected chi connectivity index (χ3v) is 5.02. The number of amides is 1. The highest BCUT2D eigenvalue weighted by Crippen LogP contribution is 2.29. The number of alkyl halides is 3. The van der Waals surface area contributed by atoms with Gasteiger partial charge in [0, 0.05) is 25.0 Å². The van der Waals surface area contributed by atoms with Crippen LogP contribution in [0, 0.1) is 5.82 Å². The van der Waals surface area contributed by atoms with E-state index in [9.17, 15) is 27.5 Å². The van der Waals surface area contributed by atoms with Gasteiger partial charge in [-0.1, -0.05) is 6.07 Å². The van der Waals surface area contributed by atoms with Crippen LogP contribution in [0.2, 0.25) is 0 Å². The van der Waals surface area contributed by atoms with Crippen LogP contribution in [-0.4, -0.2) is 56.0 Å². The second kappa shape index (κ2) is 8.14. The quantitative estimate of drug-likeness (QED) is 0.611. The summed E-state index contributed by atoms with van der Waals surface area (Å²) in [5, 5.41) is 16.7. The monoisotopic (exact) mass is 437 g/mol. The SMILES string of the molecule is O=C(c1cc2c(cn1)c(Nc1cccc(F)c1)nn2CC(F)(F)F)N1CCC(O)CC1. The van der Waals surface area contributed by atoms with Crippen molar-refractivity contribution in [2.75, 3.05) is 18.4 Å². The van der Waals surface area contributed by atoms with Crippen LogP contribution in [-0.2, 0) is 6.54 Å². The van der Waals surface area contributed by atoms with Gasteiger partial charge < -0.3 is 15.3 Å². The molecule has 1 saturated heterocycles. The van der Waals surface area contributed by atoms with E-state index in [1.807, 2.05) is 0 Å². The number of hydrogen-bond donors (Lipinski definition) is 2. The van der Waals surface area contributed by atoms with E-state index < -0.39 is 30.5 Å². The Morgan fingerprint density at radius 3 is 2.65 bits per heavy atom. The van der Waals surface area contributed by atoms with E-state index in [4.69, 9.17) is 0 Å². The number of fused-ring (bicyclic) bond motifs is 1. The molecule has 0 radical (unpaired) electrons. The van der Waals surface area contributed by atoms with E-state index >= 15 is 0 Å². The summed E-state index contributed by atoms with van der Waals surface area (Å²) >= 11 is 0. The Balaban J connectivity index is 1.70. The molecule has 31 heavy (non-hydrogen) atoms. The Hall–Kier alpha value is -3.21. The summed E-state index contributed by atoms with van der Waals surface area (Å²) in [6.45, 7) is -0.677. The molecule has 0 bridgehead atoms. The highest BCUT2D eigenvalue weighted by atomic mass is 19.4. The number of nitrogens with zero attached hydrogens (tertiary/aromatic N) is 4. The number of anilines is 2. The molecule has 11 heteroatoms. The summed E-state index contributed by atoms with van der Waals surface area (Å²) in [6.07, 6.45) is -2.86. The molecule has 2 aromatic heterocycles. The summed E-state index contributed by atoms with van der Waals surface area (Å²) in [5.41, 5.74) is 0.377. The molecule has 1 fully saturated rings. The summed E-state index contributed by atoms with van der Waals surface area (Å²) < 4.78 is 53.5. The fraction of sp³-hybridized carbons (Fsp3) is 0.350. The van der Waals surface area contributed by atoms with E-state index in [2.05, 4.69) is 15.4 Å². The van der Waals surface area contributed by atoms with Crippen molar-refractivity contribution in [2.45, 2.75) is 31.7 Å². The molecule has 3 heterocycles. The second-order valence-electron chi connectivity index (χ2n) is 7.37. The van der Waals surface area contributed by atoms with Crippen molar-refractivity contribution in [1.29, 1.82) is 0 Å². The number of carbonyl (C=O) groups is 1. The molecule has 0 spiro atoms. The first-order valence-electron chi connectivity index (χ1n) is 9.63. The number of halogens is 4. The van der Waals surface area contributed by atoms with Gasteiger partial charge in [0.05, 0.1) is 17.0 Å². The number of aromatic nitrogens is 3. The molecule has 1 aliphatic rings. The average molecular weight is 437 g/mol. The van der Waals surface area contributed by atoms with E-state index in [0.29, 0.717) is 31.6 Å². The summed E-state index contributed by atoms with van der Waals surface area (Å²) in [6, 6.07) is 6.71. The first-order chi connectivity index (χ1) is 14.7. The van der Waals surface area contributed by atoms with Crippen molar-refractivity contribution in [3.05, 3.63) is 48.0 Å². The van der Waals surface area contributed by atoms with Gasteiger partial charge in [-0.2, -0.15) is 18.3 Å². The standard InChI is InChI=1S/C20H19F4N5O2/c21-12-2-1-3-13(8-12)26-18-15-10-25-16(19(31)28-6-4-14(30)5-7-28)9-17(15)29(27-18)11-20(22,23)24/h1-3,8-10,14,30H,4-7,11H2,(H,26,27). The molecule has 7 nitrogen and oxygen atoms in total. The maximum atomic E-state index is 13.5. The van der Waals surface area contributed by atoms with Gasteiger partial charge in [-0.15, -0.1) is 0 Å². The van der Waals surface area contributed by atoms with Crippen LogP contribution in [0.4, 0.5) is 29.1 Å². The van der Waals surface area contributed by atoms with Crippen molar-refractivity contribution in [3.8, 4) is 0 Å². The van der Waals surface area contributed by atoms with Crippen LogP contribution < -0.4 is 5.32 Å². The lowest BCUT2D eigenvalue weighted by Crippen LogP contribution is -2.40. The molecule has 164 valence electrons. The zero-order valence-electron chi connectivity index (χ0n) is 16.2. The van der Waals surface area contributed by atoms with Gasteiger partial charge in [-0.3, -0.25) is 14.5 Å². The Kier molecular flexibility index (Phi) is 5.52. The molecule has 0 atom stereocenters. The fourth-order valence-electron chi connectivity index (χ4n) is 3.50. The summed E-state index contributed by atoms with van der Waals surface area (Å²) in [5.74, 6) is -0.868. The molecular formula is C20H19F4N5O2. The lowest BCUT2D eigenvalue weighted by molar-refractivity contribution is -0.141. The second-order valence-corrected chi connectivity index (χ2v) is 7.37. The summed E-state index contributed by atoms with van der Waals surface area (Å²) in [7, 11) is 0. The van der Waals surface area contributed by atoms with E-state index in [1.165, 1.54) is 35.4 Å². The maximum absolute atomic E-state index is 13.5. The molecule has 2 N–H and O–H groups in total. The summed E-state index contributed by atoms with van der Waals surface area (Å²) in [4.78, 5) is 18.4. The van der Waals surface area contributed by atoms with Crippen molar-refractivity contribution in [2.24, 2.45) is 0 Å². The molecule has 1 aliphatic heterocycles. The topological polar surface area (TPSA) is 83.3 Å². The van der Waals surface area contributed by atoms with Gasteiger partial charge in [-0.05, 0) is 37.1 Å². The largest absolute Gasteiger partial charge is 0.408 e. The number of aliphatic hydroxyl groups is 1. The third-order valence-electron chi connectivity index (χ3n) is 5.02. The van der Waals surface area contributed by atoms with Crippen LogP contribution in [0.1, 0.15) is 23.3 Å². The number of piperidine rings is 1. The number of likely N-dealkylation sites (tertiary alicyclic amines) is 1. The van der Waals surface area contributed by atoms with E-state index in [-0.39, 0.29) is 22.4 Å². The van der Waals surface area contributed by atoms with Crippen LogP contribution in [0.3, 0.4) is 0 Å². The predicted octanol–water partition coefficient (Wildman–Crippen LogP) is 3.47. The van der Waals surface area contributed by atoms with Crippen molar-refractivity contribution < 1.29 is 27.5 Å². The van der Waals surface area contributed by atoms with Crippen LogP contribution in [0.5, 0.6) is 0 Å². The van der Waals surface area contributed by atoms with Crippen LogP contribution in [0.15, 0.2) is 36.5 Å². The van der Waals surface area contributed by atoms with Crippen molar-refractivity contribution >= 4 is 28.3 Å². The normalized spacial score (nSPS) is 15.5. The van der Waals surface area contributed by atoms with Gasteiger partial charge in [0.25, 0.3) is 5.91 Å². The number of benzene rings is 1.